The molecule has 2 aromatic carbocycles. The molecule has 0 saturated carbocycles. The molecule has 0 aliphatic heterocycles. The maximum Gasteiger partial charge on any atom is 0.136 e. The lowest BCUT2D eigenvalue weighted by Gasteiger charge is -2.10. The number of rotatable bonds is 4. The second-order valence-corrected chi connectivity index (χ2v) is 5.48. The SMILES string of the molecule is COCc1nc2ccccc2n1Cc1ccccc1Br. The molecule has 0 amide bonds. The van der Waals surface area contributed by atoms with Gasteiger partial charge in [0.05, 0.1) is 17.6 Å². The van der Waals surface area contributed by atoms with Gasteiger partial charge < -0.3 is 9.30 Å². The van der Waals surface area contributed by atoms with E-state index in [1.807, 2.05) is 24.3 Å². The van der Waals surface area contributed by atoms with Crippen molar-refractivity contribution < 1.29 is 4.74 Å². The first kappa shape index (κ1) is 13.3. The lowest BCUT2D eigenvalue weighted by atomic mass is 10.2. The summed E-state index contributed by atoms with van der Waals surface area (Å²) in [6.07, 6.45) is 0. The van der Waals surface area contributed by atoms with Crippen LogP contribution in [0.5, 0.6) is 0 Å². The Morgan fingerprint density at radius 2 is 1.85 bits per heavy atom. The molecule has 20 heavy (non-hydrogen) atoms. The molecule has 0 radical (unpaired) electrons. The van der Waals surface area contributed by atoms with E-state index in [1.54, 1.807) is 7.11 Å². The van der Waals surface area contributed by atoms with Gasteiger partial charge in [-0.15, -0.1) is 0 Å². The van der Waals surface area contributed by atoms with Crippen LogP contribution in [-0.2, 0) is 17.9 Å². The van der Waals surface area contributed by atoms with Gasteiger partial charge in [-0.05, 0) is 23.8 Å². The van der Waals surface area contributed by atoms with Gasteiger partial charge in [-0.1, -0.05) is 46.3 Å². The zero-order valence-corrected chi connectivity index (χ0v) is 12.8. The van der Waals surface area contributed by atoms with Crippen molar-refractivity contribution in [3.8, 4) is 0 Å². The molecule has 0 aliphatic rings. The molecule has 3 nitrogen and oxygen atoms in total. The Kier molecular flexibility index (Phi) is 3.85. The molecule has 1 aromatic heterocycles. The molecule has 0 spiro atoms. The van der Waals surface area contributed by atoms with Crippen LogP contribution in [0.25, 0.3) is 11.0 Å². The first-order chi connectivity index (χ1) is 9.79. The minimum atomic E-state index is 0.513. The highest BCUT2D eigenvalue weighted by Crippen LogP contribution is 2.22. The van der Waals surface area contributed by atoms with Crippen molar-refractivity contribution in [2.75, 3.05) is 7.11 Å². The van der Waals surface area contributed by atoms with Crippen molar-refractivity contribution in [1.29, 1.82) is 0 Å². The quantitative estimate of drug-likeness (QED) is 0.723. The number of fused-ring (bicyclic) bond motifs is 1. The van der Waals surface area contributed by atoms with E-state index in [-0.39, 0.29) is 0 Å². The summed E-state index contributed by atoms with van der Waals surface area (Å²) in [7, 11) is 1.70. The number of hydrogen-bond donors (Lipinski definition) is 0. The van der Waals surface area contributed by atoms with Gasteiger partial charge in [0.2, 0.25) is 0 Å². The van der Waals surface area contributed by atoms with Crippen molar-refractivity contribution in [3.63, 3.8) is 0 Å². The van der Waals surface area contributed by atoms with E-state index in [4.69, 9.17) is 4.74 Å². The van der Waals surface area contributed by atoms with Crippen LogP contribution in [0.15, 0.2) is 53.0 Å². The van der Waals surface area contributed by atoms with Gasteiger partial charge >= 0.3 is 0 Å². The Morgan fingerprint density at radius 3 is 2.65 bits per heavy atom. The summed E-state index contributed by atoms with van der Waals surface area (Å²) in [5, 5.41) is 0. The third-order valence-electron chi connectivity index (χ3n) is 3.29. The average Bonchev–Trinajstić information content (AvgIpc) is 2.80. The van der Waals surface area contributed by atoms with E-state index in [1.165, 1.54) is 5.56 Å². The topological polar surface area (TPSA) is 27.1 Å². The van der Waals surface area contributed by atoms with E-state index in [0.717, 1.165) is 27.9 Å². The number of para-hydroxylation sites is 2. The monoisotopic (exact) mass is 330 g/mol. The fraction of sp³-hybridized carbons (Fsp3) is 0.188. The van der Waals surface area contributed by atoms with Crippen LogP contribution >= 0.6 is 15.9 Å². The molecule has 102 valence electrons. The van der Waals surface area contributed by atoms with Crippen LogP contribution in [0.4, 0.5) is 0 Å². The number of benzene rings is 2. The number of aromatic nitrogens is 2. The van der Waals surface area contributed by atoms with E-state index >= 15 is 0 Å². The predicted octanol–water partition coefficient (Wildman–Crippen LogP) is 3.99. The Balaban J connectivity index is 2.09. The molecule has 0 bridgehead atoms. The number of imidazole rings is 1. The van der Waals surface area contributed by atoms with Crippen LogP contribution in [0.3, 0.4) is 0 Å². The van der Waals surface area contributed by atoms with E-state index in [0.29, 0.717) is 6.61 Å². The van der Waals surface area contributed by atoms with Gasteiger partial charge in [0.25, 0.3) is 0 Å². The fourth-order valence-electron chi connectivity index (χ4n) is 2.34. The van der Waals surface area contributed by atoms with Crippen molar-refractivity contribution in [2.24, 2.45) is 0 Å². The molecule has 1 heterocycles. The molecular formula is C16H15BrN2O. The molecular weight excluding hydrogens is 316 g/mol. The molecule has 0 aliphatic carbocycles. The van der Waals surface area contributed by atoms with Crippen LogP contribution in [0.2, 0.25) is 0 Å². The zero-order valence-electron chi connectivity index (χ0n) is 11.2. The van der Waals surface area contributed by atoms with Gasteiger partial charge in [0.1, 0.15) is 12.4 Å². The maximum atomic E-state index is 5.27. The molecule has 0 N–H and O–H groups in total. The van der Waals surface area contributed by atoms with Crippen molar-refractivity contribution in [3.05, 3.63) is 64.4 Å². The minimum Gasteiger partial charge on any atom is -0.377 e. The number of ether oxygens (including phenoxy) is 1. The molecule has 3 rings (SSSR count). The fourth-order valence-corrected chi connectivity index (χ4v) is 2.75. The Labute approximate surface area is 126 Å². The molecule has 0 fully saturated rings. The van der Waals surface area contributed by atoms with Crippen molar-refractivity contribution >= 4 is 27.0 Å². The van der Waals surface area contributed by atoms with E-state index < -0.39 is 0 Å². The van der Waals surface area contributed by atoms with Crippen LogP contribution in [-0.4, -0.2) is 16.7 Å². The summed E-state index contributed by atoms with van der Waals surface area (Å²) >= 11 is 3.60. The van der Waals surface area contributed by atoms with E-state index in [9.17, 15) is 0 Å². The lowest BCUT2D eigenvalue weighted by molar-refractivity contribution is 0.175. The van der Waals surface area contributed by atoms with Gasteiger partial charge in [0, 0.05) is 11.6 Å². The summed E-state index contributed by atoms with van der Waals surface area (Å²) in [5.74, 6) is 0.949. The third-order valence-corrected chi connectivity index (χ3v) is 4.07. The third kappa shape index (κ3) is 2.49. The first-order valence-electron chi connectivity index (χ1n) is 6.46. The normalized spacial score (nSPS) is 11.1. The van der Waals surface area contributed by atoms with Crippen LogP contribution in [0, 0.1) is 0 Å². The average molecular weight is 331 g/mol. The molecule has 0 atom stereocenters. The Bertz CT molecular complexity index is 736. The highest BCUT2D eigenvalue weighted by atomic mass is 79.9. The summed E-state index contributed by atoms with van der Waals surface area (Å²) in [6, 6.07) is 16.4. The standard InChI is InChI=1S/C16H15BrN2O/c1-20-11-16-18-14-8-4-5-9-15(14)19(16)10-12-6-2-3-7-13(12)17/h2-9H,10-11H2,1H3. The second-order valence-electron chi connectivity index (χ2n) is 4.63. The number of nitrogens with zero attached hydrogens (tertiary/aromatic N) is 2. The lowest BCUT2D eigenvalue weighted by Crippen LogP contribution is -2.06. The second kappa shape index (κ2) is 5.77. The zero-order chi connectivity index (χ0) is 13.9. The van der Waals surface area contributed by atoms with E-state index in [2.05, 4.69) is 49.7 Å². The Hall–Kier alpha value is -1.65. The number of hydrogen-bond acceptors (Lipinski definition) is 2. The van der Waals surface area contributed by atoms with Crippen LogP contribution in [0.1, 0.15) is 11.4 Å². The number of methoxy groups -OCH3 is 1. The van der Waals surface area contributed by atoms with Gasteiger partial charge in [0.15, 0.2) is 0 Å². The largest absolute Gasteiger partial charge is 0.377 e. The van der Waals surface area contributed by atoms with Gasteiger partial charge in [-0.25, -0.2) is 4.98 Å². The van der Waals surface area contributed by atoms with Crippen molar-refractivity contribution in [2.45, 2.75) is 13.2 Å². The summed E-state index contributed by atoms with van der Waals surface area (Å²) in [5.41, 5.74) is 3.37. The highest BCUT2D eigenvalue weighted by Gasteiger charge is 2.11. The first-order valence-corrected chi connectivity index (χ1v) is 7.25. The Morgan fingerprint density at radius 1 is 1.10 bits per heavy atom. The van der Waals surface area contributed by atoms with Crippen molar-refractivity contribution in [1.82, 2.24) is 9.55 Å². The maximum absolute atomic E-state index is 5.27. The molecule has 0 unspecified atom stereocenters. The molecule has 3 aromatic rings. The molecule has 0 saturated heterocycles. The van der Waals surface area contributed by atoms with Gasteiger partial charge in [-0.2, -0.15) is 0 Å². The predicted molar refractivity (Wildman–Crippen MR) is 83.7 cm³/mol. The van der Waals surface area contributed by atoms with Gasteiger partial charge in [-0.3, -0.25) is 0 Å². The summed E-state index contributed by atoms with van der Waals surface area (Å²) in [6.45, 7) is 1.29. The smallest absolute Gasteiger partial charge is 0.136 e. The number of halogens is 1. The summed E-state index contributed by atoms with van der Waals surface area (Å²) < 4.78 is 8.59. The molecule has 4 heteroatoms. The van der Waals surface area contributed by atoms with Crippen LogP contribution < -0.4 is 0 Å². The summed E-state index contributed by atoms with van der Waals surface area (Å²) in [4.78, 5) is 4.65. The minimum absolute atomic E-state index is 0.513. The highest BCUT2D eigenvalue weighted by molar-refractivity contribution is 9.10.